The Morgan fingerprint density at radius 3 is 2.19 bits per heavy atom. The van der Waals surface area contributed by atoms with Gasteiger partial charge in [-0.3, -0.25) is 14.4 Å². The summed E-state index contributed by atoms with van der Waals surface area (Å²) in [5.74, 6) is -1.47. The summed E-state index contributed by atoms with van der Waals surface area (Å²) in [5, 5.41) is 0. The van der Waals surface area contributed by atoms with Crippen LogP contribution in [0.25, 0.3) is 6.08 Å². The van der Waals surface area contributed by atoms with Crippen molar-refractivity contribution in [1.82, 2.24) is 0 Å². The molecule has 4 aromatic carbocycles. The lowest BCUT2D eigenvalue weighted by atomic mass is 9.64. The lowest BCUT2D eigenvalue weighted by Crippen LogP contribution is -2.48. The van der Waals surface area contributed by atoms with Crippen LogP contribution in [0.2, 0.25) is 0 Å². The van der Waals surface area contributed by atoms with Crippen molar-refractivity contribution in [3.05, 3.63) is 131 Å². The van der Waals surface area contributed by atoms with E-state index in [0.29, 0.717) is 45.0 Å². The van der Waals surface area contributed by atoms with Crippen LogP contribution in [0.3, 0.4) is 0 Å². The minimum absolute atomic E-state index is 0.269. The van der Waals surface area contributed by atoms with Crippen LogP contribution in [0.4, 0.5) is 10.1 Å². The maximum absolute atomic E-state index is 14.8. The molecule has 2 aliphatic heterocycles. The molecule has 2 heterocycles. The van der Waals surface area contributed by atoms with Gasteiger partial charge in [-0.05, 0) is 36.4 Å². The summed E-state index contributed by atoms with van der Waals surface area (Å²) in [6.45, 7) is 0. The first-order valence-corrected chi connectivity index (χ1v) is 13.7. The zero-order valence-electron chi connectivity index (χ0n) is 22.9. The smallest absolute Gasteiger partial charge is 0.185 e. The number of hydrogen-bond donors (Lipinski definition) is 0. The van der Waals surface area contributed by atoms with Crippen molar-refractivity contribution in [1.29, 1.82) is 0 Å². The average molecular weight is 560 g/mol. The topological polar surface area (TPSA) is 72.9 Å². The number of anilines is 1. The molecule has 6 nitrogen and oxygen atoms in total. The van der Waals surface area contributed by atoms with Gasteiger partial charge >= 0.3 is 0 Å². The Hall–Kier alpha value is -5.04. The van der Waals surface area contributed by atoms with Gasteiger partial charge in [-0.25, -0.2) is 4.39 Å². The lowest BCUT2D eigenvalue weighted by molar-refractivity contribution is 0.0664. The Morgan fingerprint density at radius 2 is 1.52 bits per heavy atom. The van der Waals surface area contributed by atoms with Crippen molar-refractivity contribution in [3.63, 3.8) is 0 Å². The molecule has 7 rings (SSSR count). The number of halogens is 1. The number of ketones is 3. The first kappa shape index (κ1) is 25.9. The van der Waals surface area contributed by atoms with Gasteiger partial charge in [0.2, 0.25) is 0 Å². The van der Waals surface area contributed by atoms with E-state index in [1.165, 1.54) is 26.4 Å². The number of nitrogens with zero attached hydrogens (tertiary/aromatic N) is 1. The minimum atomic E-state index is -1.71. The van der Waals surface area contributed by atoms with Crippen LogP contribution in [-0.4, -0.2) is 43.7 Å². The zero-order valence-corrected chi connectivity index (χ0v) is 22.9. The number of benzene rings is 4. The quantitative estimate of drug-likeness (QED) is 0.216. The lowest BCUT2D eigenvalue weighted by Gasteiger charge is -2.37. The second-order valence-electron chi connectivity index (χ2n) is 10.7. The summed E-state index contributed by atoms with van der Waals surface area (Å²) >= 11 is 0. The number of Topliss-reactive ketones (excluding diaryl/α,β-unsaturated/α-hetero) is 3. The van der Waals surface area contributed by atoms with Crippen molar-refractivity contribution in [2.75, 3.05) is 19.1 Å². The van der Waals surface area contributed by atoms with Gasteiger partial charge in [0.05, 0.1) is 20.3 Å². The Kier molecular flexibility index (Phi) is 5.87. The highest BCUT2D eigenvalue weighted by atomic mass is 19.1. The van der Waals surface area contributed by atoms with Crippen LogP contribution in [0.1, 0.15) is 48.1 Å². The van der Waals surface area contributed by atoms with E-state index < -0.39 is 29.2 Å². The molecule has 0 amide bonds. The van der Waals surface area contributed by atoms with Crippen LogP contribution < -0.4 is 14.4 Å². The largest absolute Gasteiger partial charge is 0.497 e. The molecule has 0 radical (unpaired) electrons. The molecule has 0 aromatic heterocycles. The second-order valence-corrected chi connectivity index (χ2v) is 10.7. The molecule has 3 atom stereocenters. The van der Waals surface area contributed by atoms with Crippen molar-refractivity contribution in [2.24, 2.45) is 5.41 Å². The molecule has 1 saturated heterocycles. The first-order valence-electron chi connectivity index (χ1n) is 13.7. The fourth-order valence-electron chi connectivity index (χ4n) is 7.15. The van der Waals surface area contributed by atoms with E-state index in [1.54, 1.807) is 84.9 Å². The number of carbonyl (C=O) groups is 3. The average Bonchev–Trinajstić information content (AvgIpc) is 3.46. The molecule has 0 N–H and O–H groups in total. The maximum atomic E-state index is 14.8. The predicted molar refractivity (Wildman–Crippen MR) is 156 cm³/mol. The van der Waals surface area contributed by atoms with Gasteiger partial charge in [0.15, 0.2) is 17.3 Å². The van der Waals surface area contributed by atoms with Crippen molar-refractivity contribution in [3.8, 4) is 11.5 Å². The second kappa shape index (κ2) is 9.52. The third-order valence-corrected chi connectivity index (χ3v) is 8.86. The normalized spacial score (nSPS) is 21.2. The van der Waals surface area contributed by atoms with Gasteiger partial charge < -0.3 is 14.4 Å². The van der Waals surface area contributed by atoms with E-state index >= 15 is 0 Å². The molecule has 7 heteroatoms. The first-order chi connectivity index (χ1) is 20.4. The van der Waals surface area contributed by atoms with Crippen LogP contribution in [0.15, 0.2) is 97.1 Å². The highest BCUT2D eigenvalue weighted by Gasteiger charge is 2.72. The molecular weight excluding hydrogens is 533 g/mol. The number of carbonyl (C=O) groups excluding carboxylic acids is 3. The zero-order chi connectivity index (χ0) is 29.2. The van der Waals surface area contributed by atoms with Crippen molar-refractivity contribution >= 4 is 29.1 Å². The van der Waals surface area contributed by atoms with Crippen molar-refractivity contribution in [2.45, 2.75) is 18.0 Å². The molecule has 3 aliphatic rings. The highest BCUT2D eigenvalue weighted by Crippen LogP contribution is 2.62. The van der Waals surface area contributed by atoms with Gasteiger partial charge in [-0.2, -0.15) is 0 Å². The van der Waals surface area contributed by atoms with Gasteiger partial charge in [0.25, 0.3) is 0 Å². The third-order valence-electron chi connectivity index (χ3n) is 8.86. The van der Waals surface area contributed by atoms with Gasteiger partial charge in [0, 0.05) is 39.4 Å². The maximum Gasteiger partial charge on any atom is 0.185 e. The van der Waals surface area contributed by atoms with Crippen LogP contribution in [0.5, 0.6) is 11.5 Å². The summed E-state index contributed by atoms with van der Waals surface area (Å²) < 4.78 is 25.8. The molecule has 1 spiro atoms. The molecule has 4 aromatic rings. The van der Waals surface area contributed by atoms with Gasteiger partial charge in [0.1, 0.15) is 28.8 Å². The van der Waals surface area contributed by atoms with E-state index in [0.717, 1.165) is 0 Å². The van der Waals surface area contributed by atoms with E-state index in [1.807, 2.05) is 11.0 Å². The van der Waals surface area contributed by atoms with Gasteiger partial charge in [-0.15, -0.1) is 0 Å². The van der Waals surface area contributed by atoms with E-state index in [-0.39, 0.29) is 17.3 Å². The van der Waals surface area contributed by atoms with Crippen LogP contribution >= 0.6 is 0 Å². The fraction of sp³-hybridized carbons (Fsp3) is 0.171. The molecule has 42 heavy (non-hydrogen) atoms. The van der Waals surface area contributed by atoms with Crippen LogP contribution in [-0.2, 0) is 0 Å². The summed E-state index contributed by atoms with van der Waals surface area (Å²) in [5.41, 5.74) is 0.993. The van der Waals surface area contributed by atoms with Gasteiger partial charge in [-0.1, -0.05) is 66.7 Å². The Balaban J connectivity index is 1.59. The number of hydrogen-bond acceptors (Lipinski definition) is 6. The monoisotopic (exact) mass is 559 g/mol. The molecule has 0 bridgehead atoms. The minimum Gasteiger partial charge on any atom is -0.497 e. The number of rotatable bonds is 5. The van der Waals surface area contributed by atoms with E-state index in [4.69, 9.17) is 9.47 Å². The SMILES string of the molecule is COc1ccc(OC)c([C@H]2[C@@H](C(=O)c3ccccc3)N3c4ccc(F)cc4C=C[C@@H]3C23C(=O)c2ccccc2C3=O)c1. The Labute approximate surface area is 242 Å². The van der Waals surface area contributed by atoms with E-state index in [2.05, 4.69) is 0 Å². The van der Waals surface area contributed by atoms with Crippen molar-refractivity contribution < 1.29 is 28.2 Å². The molecule has 1 fully saturated rings. The molecule has 0 unspecified atom stereocenters. The third kappa shape index (κ3) is 3.40. The number of fused-ring (bicyclic) bond motifs is 5. The number of ether oxygens (including phenoxy) is 2. The molecule has 1 aliphatic carbocycles. The summed E-state index contributed by atoms with van der Waals surface area (Å²) in [4.78, 5) is 46.1. The van der Waals surface area contributed by atoms with E-state index in [9.17, 15) is 18.8 Å². The summed E-state index contributed by atoms with van der Waals surface area (Å²) in [6.07, 6.45) is 3.50. The summed E-state index contributed by atoms with van der Waals surface area (Å²) in [7, 11) is 3.04. The predicted octanol–water partition coefficient (Wildman–Crippen LogP) is 6.16. The Bertz CT molecular complexity index is 1780. The molecule has 0 saturated carbocycles. The number of methoxy groups -OCH3 is 2. The molecular formula is C35H26FNO5. The summed E-state index contributed by atoms with van der Waals surface area (Å²) in [6, 6.07) is 23.3. The fourth-order valence-corrected chi connectivity index (χ4v) is 7.15. The standard InChI is InChI=1S/C35H26FNO5/c1-41-23-14-16-28(42-2)26(19-23)30-31(32(38)20-8-4-3-5-9-20)37-27-15-13-22(36)18-21(27)12-17-29(37)35(30)33(39)24-10-6-7-11-25(24)34(35)40/h3-19,29-31H,1-2H3/t29-,30+,31+/m1/s1. The highest BCUT2D eigenvalue weighted by molar-refractivity contribution is 6.32. The Morgan fingerprint density at radius 1 is 0.833 bits per heavy atom. The molecule has 208 valence electrons. The van der Waals surface area contributed by atoms with Crippen LogP contribution in [0, 0.1) is 11.2 Å².